The van der Waals surface area contributed by atoms with Crippen molar-refractivity contribution in [2.24, 2.45) is 0 Å². The lowest BCUT2D eigenvalue weighted by Crippen LogP contribution is -2.13. The van der Waals surface area contributed by atoms with E-state index in [2.05, 4.69) is 24.6 Å². The quantitative estimate of drug-likeness (QED) is 0.803. The summed E-state index contributed by atoms with van der Waals surface area (Å²) in [5, 5.41) is 3.63. The Labute approximate surface area is 129 Å². The van der Waals surface area contributed by atoms with Gasteiger partial charge in [0.2, 0.25) is 5.13 Å². The zero-order valence-corrected chi connectivity index (χ0v) is 12.1. The molecule has 3 rings (SSSR count). The van der Waals surface area contributed by atoms with Crippen LogP contribution >= 0.6 is 23.1 Å². The first kappa shape index (κ1) is 13.6. The maximum absolute atomic E-state index is 11.9. The first-order valence-electron chi connectivity index (χ1n) is 5.89. The lowest BCUT2D eigenvalue weighted by molar-refractivity contribution is 0.102. The summed E-state index contributed by atoms with van der Waals surface area (Å²) in [6.45, 7) is 0. The van der Waals surface area contributed by atoms with E-state index in [-0.39, 0.29) is 11.6 Å². The monoisotopic (exact) mass is 317 g/mol. The summed E-state index contributed by atoms with van der Waals surface area (Å²) in [5.74, 6) is 0.133. The molecule has 6 nitrogen and oxygen atoms in total. The van der Waals surface area contributed by atoms with E-state index in [1.807, 2.05) is 12.1 Å². The van der Waals surface area contributed by atoms with Crippen LogP contribution in [0.1, 0.15) is 10.5 Å². The molecule has 0 saturated heterocycles. The molecule has 1 aromatic carbocycles. The van der Waals surface area contributed by atoms with Gasteiger partial charge in [-0.1, -0.05) is 23.7 Å². The van der Waals surface area contributed by atoms with Gasteiger partial charge in [-0.05, 0) is 12.1 Å². The van der Waals surface area contributed by atoms with E-state index in [0.717, 1.165) is 17.1 Å². The molecule has 0 spiro atoms. The molecule has 0 radical (unpaired) electrons. The van der Waals surface area contributed by atoms with Gasteiger partial charge in [0.25, 0.3) is 5.91 Å². The fraction of sp³-hybridized carbons (Fsp3) is 0. The number of nitrogens with one attached hydrogen (secondary N) is 1. The fourth-order valence-electron chi connectivity index (χ4n) is 1.60. The van der Waals surface area contributed by atoms with Crippen molar-refractivity contribution in [3.63, 3.8) is 0 Å². The van der Waals surface area contributed by atoms with Crippen molar-refractivity contribution >= 4 is 34.2 Å². The number of carbonyl (C=O) groups is 1. The molecule has 2 heterocycles. The number of hydrogen-bond donors (Lipinski definition) is 1. The molecule has 0 fully saturated rings. The molecule has 8 heteroatoms. The molecule has 0 aliphatic heterocycles. The molecular formula is C13H8ClN5OS. The van der Waals surface area contributed by atoms with Gasteiger partial charge < -0.3 is 0 Å². The second kappa shape index (κ2) is 5.94. The number of amides is 1. The number of aromatic nitrogens is 4. The Bertz CT molecular complexity index is 777. The highest BCUT2D eigenvalue weighted by atomic mass is 35.5. The van der Waals surface area contributed by atoms with E-state index in [4.69, 9.17) is 11.6 Å². The Morgan fingerprint density at radius 1 is 1.29 bits per heavy atom. The number of halogens is 1. The smallest absolute Gasteiger partial charge is 0.277 e. The van der Waals surface area contributed by atoms with Gasteiger partial charge in [-0.15, -0.1) is 0 Å². The minimum atomic E-state index is -0.378. The molecular weight excluding hydrogens is 310 g/mol. The molecule has 0 bridgehead atoms. The van der Waals surface area contributed by atoms with Crippen molar-refractivity contribution in [3.8, 4) is 11.4 Å². The number of hydrogen-bond acceptors (Lipinski definition) is 6. The number of rotatable bonds is 3. The maximum Gasteiger partial charge on any atom is 0.277 e. The Morgan fingerprint density at radius 3 is 2.95 bits per heavy atom. The second-order valence-corrected chi connectivity index (χ2v) is 5.17. The maximum atomic E-state index is 11.9. The first-order chi connectivity index (χ1) is 10.2. The topological polar surface area (TPSA) is 80.7 Å². The van der Waals surface area contributed by atoms with Gasteiger partial charge in [0, 0.05) is 34.5 Å². The van der Waals surface area contributed by atoms with Gasteiger partial charge in [0.1, 0.15) is 5.69 Å². The minimum absolute atomic E-state index is 0.219. The van der Waals surface area contributed by atoms with Crippen LogP contribution in [0, 0.1) is 0 Å². The molecule has 104 valence electrons. The van der Waals surface area contributed by atoms with Crippen LogP contribution in [0.5, 0.6) is 0 Å². The van der Waals surface area contributed by atoms with E-state index in [1.165, 1.54) is 18.6 Å². The van der Waals surface area contributed by atoms with Gasteiger partial charge >= 0.3 is 0 Å². The highest BCUT2D eigenvalue weighted by molar-refractivity contribution is 7.10. The lowest BCUT2D eigenvalue weighted by atomic mass is 10.2. The van der Waals surface area contributed by atoms with Crippen molar-refractivity contribution < 1.29 is 4.79 Å². The Balaban J connectivity index is 1.78. The van der Waals surface area contributed by atoms with Crippen LogP contribution in [0.25, 0.3) is 11.4 Å². The average Bonchev–Trinajstić information content (AvgIpc) is 2.97. The summed E-state index contributed by atoms with van der Waals surface area (Å²) in [4.78, 5) is 23.9. The van der Waals surface area contributed by atoms with Gasteiger partial charge in [0.15, 0.2) is 5.82 Å². The highest BCUT2D eigenvalue weighted by Crippen LogP contribution is 2.23. The second-order valence-electron chi connectivity index (χ2n) is 3.98. The van der Waals surface area contributed by atoms with E-state index < -0.39 is 0 Å². The molecule has 1 N–H and O–H groups in total. The van der Waals surface area contributed by atoms with Crippen LogP contribution in [0.3, 0.4) is 0 Å². The number of carbonyl (C=O) groups excluding carboxylic acids is 1. The summed E-state index contributed by atoms with van der Waals surface area (Å²) in [5.41, 5.74) is 1.01. The molecule has 0 aliphatic rings. The summed E-state index contributed by atoms with van der Waals surface area (Å²) in [7, 11) is 0. The summed E-state index contributed by atoms with van der Waals surface area (Å²) in [6, 6.07) is 7.20. The third-order valence-corrected chi connectivity index (χ3v) is 3.39. The summed E-state index contributed by atoms with van der Waals surface area (Å²) < 4.78 is 4.20. The Kier molecular flexibility index (Phi) is 3.85. The standard InChI is InChI=1S/C13H8ClN5OS/c14-9-3-1-2-8(6-9)11-17-13(21-19-11)18-12(20)10-7-15-4-5-16-10/h1-7H,(H,17,18,19,20). The van der Waals surface area contributed by atoms with E-state index in [0.29, 0.717) is 16.0 Å². The van der Waals surface area contributed by atoms with Crippen LogP contribution in [0.4, 0.5) is 5.13 Å². The molecule has 2 aromatic heterocycles. The van der Waals surface area contributed by atoms with Crippen molar-refractivity contribution in [3.05, 3.63) is 53.6 Å². The SMILES string of the molecule is O=C(Nc1nc(-c2cccc(Cl)c2)ns1)c1cnccn1. The number of benzene rings is 1. The normalized spacial score (nSPS) is 10.3. The molecule has 1 amide bonds. The fourth-order valence-corrected chi connectivity index (χ4v) is 2.37. The summed E-state index contributed by atoms with van der Waals surface area (Å²) >= 11 is 7.02. The zero-order valence-electron chi connectivity index (χ0n) is 10.5. The van der Waals surface area contributed by atoms with Crippen LogP contribution in [-0.4, -0.2) is 25.2 Å². The van der Waals surface area contributed by atoms with Crippen LogP contribution in [0.2, 0.25) is 5.02 Å². The van der Waals surface area contributed by atoms with Gasteiger partial charge in [-0.25, -0.2) is 4.98 Å². The van der Waals surface area contributed by atoms with Gasteiger partial charge in [0.05, 0.1) is 6.20 Å². The van der Waals surface area contributed by atoms with E-state index in [1.54, 1.807) is 12.1 Å². The summed E-state index contributed by atoms with van der Waals surface area (Å²) in [6.07, 6.45) is 4.33. The molecule has 21 heavy (non-hydrogen) atoms. The molecule has 0 unspecified atom stereocenters. The Hall–Kier alpha value is -2.38. The van der Waals surface area contributed by atoms with Crippen molar-refractivity contribution in [2.45, 2.75) is 0 Å². The van der Waals surface area contributed by atoms with Crippen LogP contribution in [-0.2, 0) is 0 Å². The minimum Gasteiger partial charge on any atom is -0.295 e. The predicted molar refractivity (Wildman–Crippen MR) is 80.3 cm³/mol. The molecule has 0 atom stereocenters. The largest absolute Gasteiger partial charge is 0.295 e. The number of nitrogens with zero attached hydrogens (tertiary/aromatic N) is 4. The van der Waals surface area contributed by atoms with Crippen LogP contribution < -0.4 is 5.32 Å². The van der Waals surface area contributed by atoms with Crippen LogP contribution in [0.15, 0.2) is 42.9 Å². The molecule has 3 aromatic rings. The highest BCUT2D eigenvalue weighted by Gasteiger charge is 2.12. The van der Waals surface area contributed by atoms with Gasteiger partial charge in [-0.3, -0.25) is 15.1 Å². The van der Waals surface area contributed by atoms with Crippen molar-refractivity contribution in [2.75, 3.05) is 5.32 Å². The van der Waals surface area contributed by atoms with E-state index in [9.17, 15) is 4.79 Å². The van der Waals surface area contributed by atoms with Crippen molar-refractivity contribution in [1.82, 2.24) is 19.3 Å². The zero-order chi connectivity index (χ0) is 14.7. The number of anilines is 1. The van der Waals surface area contributed by atoms with Gasteiger partial charge in [-0.2, -0.15) is 9.36 Å². The lowest BCUT2D eigenvalue weighted by Gasteiger charge is -1.98. The Morgan fingerprint density at radius 2 is 2.19 bits per heavy atom. The predicted octanol–water partition coefficient (Wildman–Crippen LogP) is 2.90. The third kappa shape index (κ3) is 3.21. The average molecular weight is 318 g/mol. The third-order valence-electron chi connectivity index (χ3n) is 2.53. The molecule has 0 aliphatic carbocycles. The van der Waals surface area contributed by atoms with Crippen molar-refractivity contribution in [1.29, 1.82) is 0 Å². The van der Waals surface area contributed by atoms with E-state index >= 15 is 0 Å². The first-order valence-corrected chi connectivity index (χ1v) is 7.04. The molecule has 0 saturated carbocycles.